The van der Waals surface area contributed by atoms with Crippen molar-refractivity contribution in [2.24, 2.45) is 0 Å². The molecule has 0 spiro atoms. The van der Waals surface area contributed by atoms with Crippen LogP contribution in [0.15, 0.2) is 71.5 Å². The molecule has 9 nitrogen and oxygen atoms in total. The molecule has 0 radical (unpaired) electrons. The summed E-state index contributed by atoms with van der Waals surface area (Å²) in [5.74, 6) is -1.87. The predicted octanol–water partition coefficient (Wildman–Crippen LogP) is 5.83. The molecule has 0 aromatic heterocycles. The van der Waals surface area contributed by atoms with Gasteiger partial charge in [0.2, 0.25) is 11.4 Å². The van der Waals surface area contributed by atoms with E-state index in [9.17, 15) is 35.6 Å². The van der Waals surface area contributed by atoms with Crippen molar-refractivity contribution in [3.8, 4) is 18.2 Å². The van der Waals surface area contributed by atoms with Crippen molar-refractivity contribution in [3.63, 3.8) is 0 Å². The SMILES string of the molecule is CC(/C=C(\C#N)C1=[N+](CCC(=O)O)c2ccc(C#N)cc2C1(C)C)=C\C=C1\N(CCC(=O)O)c2ccc(C#N)cc2C1(C)C. The van der Waals surface area contributed by atoms with Gasteiger partial charge in [0, 0.05) is 35.0 Å². The van der Waals surface area contributed by atoms with E-state index in [1.54, 1.807) is 30.3 Å². The third-order valence-corrected chi connectivity index (χ3v) is 8.32. The van der Waals surface area contributed by atoms with E-state index in [1.165, 1.54) is 0 Å². The van der Waals surface area contributed by atoms with Crippen LogP contribution in [0.5, 0.6) is 0 Å². The van der Waals surface area contributed by atoms with E-state index in [1.807, 2.05) is 68.4 Å². The summed E-state index contributed by atoms with van der Waals surface area (Å²) in [7, 11) is 0. The average molecular weight is 589 g/mol. The van der Waals surface area contributed by atoms with Gasteiger partial charge in [0.1, 0.15) is 18.1 Å². The number of carboxylic acid groups (broad SMARTS) is 2. The van der Waals surface area contributed by atoms with Gasteiger partial charge in [-0.2, -0.15) is 20.4 Å². The third kappa shape index (κ3) is 5.76. The topological polar surface area (TPSA) is 152 Å². The zero-order valence-corrected chi connectivity index (χ0v) is 25.5. The van der Waals surface area contributed by atoms with Gasteiger partial charge < -0.3 is 15.1 Å². The van der Waals surface area contributed by atoms with Gasteiger partial charge in [-0.25, -0.2) is 0 Å². The van der Waals surface area contributed by atoms with Crippen molar-refractivity contribution in [1.29, 1.82) is 15.8 Å². The molecule has 44 heavy (non-hydrogen) atoms. The van der Waals surface area contributed by atoms with Crippen molar-refractivity contribution in [1.82, 2.24) is 0 Å². The van der Waals surface area contributed by atoms with Gasteiger partial charge in [-0.3, -0.25) is 9.59 Å². The van der Waals surface area contributed by atoms with Crippen molar-refractivity contribution >= 4 is 29.0 Å². The molecule has 2 heterocycles. The maximum absolute atomic E-state index is 11.5. The number of anilines is 1. The molecular formula is C35H34N5O4+. The predicted molar refractivity (Wildman–Crippen MR) is 166 cm³/mol. The lowest BCUT2D eigenvalue weighted by molar-refractivity contribution is -0.437. The van der Waals surface area contributed by atoms with E-state index in [0.29, 0.717) is 22.4 Å². The highest BCUT2D eigenvalue weighted by Crippen LogP contribution is 2.48. The second-order valence-corrected chi connectivity index (χ2v) is 12.0. The minimum absolute atomic E-state index is 0.0678. The molecule has 2 N–H and O–H groups in total. The Morgan fingerprint density at radius 2 is 1.52 bits per heavy atom. The van der Waals surface area contributed by atoms with Crippen LogP contribution in [0, 0.1) is 34.0 Å². The Hall–Kier alpha value is -5.46. The number of rotatable bonds is 9. The van der Waals surface area contributed by atoms with E-state index in [-0.39, 0.29) is 25.9 Å². The highest BCUT2D eigenvalue weighted by Gasteiger charge is 2.48. The lowest BCUT2D eigenvalue weighted by Gasteiger charge is -2.26. The van der Waals surface area contributed by atoms with Crippen LogP contribution >= 0.6 is 0 Å². The number of nitriles is 3. The first-order chi connectivity index (χ1) is 20.8. The monoisotopic (exact) mass is 588 g/mol. The molecule has 2 aromatic carbocycles. The van der Waals surface area contributed by atoms with E-state index in [0.717, 1.165) is 33.8 Å². The largest absolute Gasteiger partial charge is 0.481 e. The molecule has 4 rings (SSSR count). The molecule has 9 heteroatoms. The van der Waals surface area contributed by atoms with Gasteiger partial charge in [0.25, 0.3) is 0 Å². The fourth-order valence-corrected chi connectivity index (χ4v) is 6.18. The third-order valence-electron chi connectivity index (χ3n) is 8.32. The molecule has 2 aliphatic rings. The highest BCUT2D eigenvalue weighted by molar-refractivity contribution is 6.10. The van der Waals surface area contributed by atoms with Crippen molar-refractivity contribution in [3.05, 3.63) is 93.7 Å². The number of allylic oxidation sites excluding steroid dienone is 6. The van der Waals surface area contributed by atoms with E-state index in [2.05, 4.69) is 18.2 Å². The molecule has 0 amide bonds. The smallest absolute Gasteiger partial charge is 0.309 e. The number of hydrogen-bond donors (Lipinski definition) is 2. The number of nitrogens with zero attached hydrogens (tertiary/aromatic N) is 5. The normalized spacial score (nSPS) is 17.5. The summed E-state index contributed by atoms with van der Waals surface area (Å²) < 4.78 is 1.86. The van der Waals surface area contributed by atoms with Gasteiger partial charge in [0.15, 0.2) is 6.54 Å². The fraction of sp³-hybridized carbons (Fsp3) is 0.314. The molecule has 0 unspecified atom stereocenters. The van der Waals surface area contributed by atoms with Crippen molar-refractivity contribution < 1.29 is 24.4 Å². The second-order valence-electron chi connectivity index (χ2n) is 12.0. The first-order valence-electron chi connectivity index (χ1n) is 14.2. The standard InChI is InChI=1S/C35H33N5O4/c1-22(6-11-30-34(2,3)26-17-23(19-36)7-9-28(26)39(30)14-12-31(41)42)16-25(21-38)33-35(4,5)27-18-24(20-37)8-10-29(27)40(33)15-13-32(43)44/h6-11,16-18H,12-15H2,1-5H3,(H-,41,42,43,44)/p+1. The van der Waals surface area contributed by atoms with Gasteiger partial charge in [-0.05, 0) is 74.4 Å². The first kappa shape index (κ1) is 31.5. The number of hydrogen-bond acceptors (Lipinski definition) is 6. The Morgan fingerprint density at radius 3 is 2.11 bits per heavy atom. The summed E-state index contributed by atoms with van der Waals surface area (Å²) in [6.07, 6.45) is 5.37. The minimum atomic E-state index is -0.955. The van der Waals surface area contributed by atoms with Crippen LogP contribution in [0.3, 0.4) is 0 Å². The lowest BCUT2D eigenvalue weighted by Crippen LogP contribution is -2.31. The van der Waals surface area contributed by atoms with Gasteiger partial charge >= 0.3 is 11.9 Å². The molecular weight excluding hydrogens is 554 g/mol. The van der Waals surface area contributed by atoms with Crippen LogP contribution in [0.25, 0.3) is 0 Å². The Morgan fingerprint density at radius 1 is 0.909 bits per heavy atom. The second kappa shape index (κ2) is 12.0. The maximum Gasteiger partial charge on any atom is 0.309 e. The molecule has 0 bridgehead atoms. The van der Waals surface area contributed by atoms with Crippen LogP contribution in [0.4, 0.5) is 11.4 Å². The maximum atomic E-state index is 11.5. The zero-order chi connectivity index (χ0) is 32.4. The van der Waals surface area contributed by atoms with Gasteiger partial charge in [-0.15, -0.1) is 0 Å². The summed E-state index contributed by atoms with van der Waals surface area (Å²) in [4.78, 5) is 25.0. The van der Waals surface area contributed by atoms with E-state index >= 15 is 0 Å². The Labute approximate surface area is 257 Å². The van der Waals surface area contributed by atoms with E-state index < -0.39 is 22.8 Å². The molecule has 2 aliphatic heterocycles. The highest BCUT2D eigenvalue weighted by atomic mass is 16.4. The molecule has 0 saturated heterocycles. The Kier molecular flexibility index (Phi) is 8.61. The minimum Gasteiger partial charge on any atom is -0.481 e. The molecule has 0 aliphatic carbocycles. The quantitative estimate of drug-likeness (QED) is 0.211. The number of carboxylic acids is 2. The molecule has 0 fully saturated rings. The zero-order valence-electron chi connectivity index (χ0n) is 25.5. The summed E-state index contributed by atoms with van der Waals surface area (Å²) in [6.45, 7) is 10.3. The van der Waals surface area contributed by atoms with Gasteiger partial charge in [-0.1, -0.05) is 19.9 Å². The average Bonchev–Trinajstić information content (AvgIpc) is 3.33. The first-order valence-corrected chi connectivity index (χ1v) is 14.2. The number of benzene rings is 2. The van der Waals surface area contributed by atoms with E-state index in [4.69, 9.17) is 0 Å². The number of aliphatic carboxylic acids is 2. The van der Waals surface area contributed by atoms with Crippen LogP contribution in [-0.2, 0) is 20.4 Å². The lowest BCUT2D eigenvalue weighted by atomic mass is 9.78. The fourth-order valence-electron chi connectivity index (χ4n) is 6.18. The molecule has 222 valence electrons. The number of carbonyl (C=O) groups is 2. The van der Waals surface area contributed by atoms with Crippen molar-refractivity contribution in [2.45, 2.75) is 58.3 Å². The molecule has 2 aromatic rings. The summed E-state index contributed by atoms with van der Waals surface area (Å²) in [5, 5.41) is 48.2. The van der Waals surface area contributed by atoms with Crippen LogP contribution in [-0.4, -0.2) is 45.5 Å². The Balaban J connectivity index is 1.81. The summed E-state index contributed by atoms with van der Waals surface area (Å²) >= 11 is 0. The summed E-state index contributed by atoms with van der Waals surface area (Å²) in [6, 6.07) is 17.4. The number of fused-ring (bicyclic) bond motifs is 2. The van der Waals surface area contributed by atoms with Crippen molar-refractivity contribution in [2.75, 3.05) is 18.0 Å². The van der Waals surface area contributed by atoms with Crippen LogP contribution in [0.2, 0.25) is 0 Å². The Bertz CT molecular complexity index is 1820. The van der Waals surface area contributed by atoms with Crippen LogP contribution < -0.4 is 4.90 Å². The molecule has 0 saturated carbocycles. The van der Waals surface area contributed by atoms with Crippen LogP contribution in [0.1, 0.15) is 69.7 Å². The van der Waals surface area contributed by atoms with Gasteiger partial charge in [0.05, 0.1) is 35.1 Å². The molecule has 0 atom stereocenters. The summed E-state index contributed by atoms with van der Waals surface area (Å²) in [5.41, 5.74) is 5.86.